The number of rotatable bonds is 4. The minimum absolute atomic E-state index is 0.0850. The highest BCUT2D eigenvalue weighted by atomic mass is 19.4. The molecule has 11 heteroatoms. The largest absolute Gasteiger partial charge is 0.573 e. The fourth-order valence-electron chi connectivity index (χ4n) is 4.91. The van der Waals surface area contributed by atoms with Gasteiger partial charge in [-0.15, -0.1) is 13.2 Å². The number of ether oxygens (including phenoxy) is 1. The smallest absolute Gasteiger partial charge is 0.404 e. The van der Waals surface area contributed by atoms with E-state index in [0.717, 1.165) is 50.1 Å². The molecule has 0 bridgehead atoms. The monoisotopic (exact) mass is 422 g/mol. The first-order valence-electron chi connectivity index (χ1n) is 9.88. The lowest BCUT2D eigenvalue weighted by molar-refractivity contribution is -0.274. The molecule has 3 fully saturated rings. The Balaban J connectivity index is 1.04. The van der Waals surface area contributed by atoms with Crippen LogP contribution in [0.15, 0.2) is 24.7 Å². The van der Waals surface area contributed by atoms with E-state index < -0.39 is 6.36 Å². The summed E-state index contributed by atoms with van der Waals surface area (Å²) in [5, 5.41) is 6.69. The van der Waals surface area contributed by atoms with E-state index in [1.165, 1.54) is 12.4 Å². The van der Waals surface area contributed by atoms with Crippen molar-refractivity contribution in [1.29, 1.82) is 0 Å². The lowest BCUT2D eigenvalue weighted by Crippen LogP contribution is -2.67. The van der Waals surface area contributed by atoms with Crippen molar-refractivity contribution in [1.82, 2.24) is 30.0 Å². The second kappa shape index (κ2) is 6.85. The van der Waals surface area contributed by atoms with Crippen molar-refractivity contribution >= 4 is 6.03 Å². The lowest BCUT2D eigenvalue weighted by Gasteiger charge is -2.60. The number of amides is 2. The molecule has 1 spiro atoms. The molecule has 2 aliphatic heterocycles. The topological polar surface area (TPSA) is 87.2 Å². The molecule has 30 heavy (non-hydrogen) atoms. The Labute approximate surface area is 170 Å². The third-order valence-corrected chi connectivity index (χ3v) is 6.27. The predicted octanol–water partition coefficient (Wildman–Crippen LogP) is 2.57. The van der Waals surface area contributed by atoms with E-state index in [9.17, 15) is 18.0 Å². The Hall–Kier alpha value is -2.85. The van der Waals surface area contributed by atoms with Crippen molar-refractivity contribution < 1.29 is 22.7 Å². The molecule has 5 rings (SSSR count). The van der Waals surface area contributed by atoms with Gasteiger partial charge in [-0.2, -0.15) is 5.10 Å². The van der Waals surface area contributed by atoms with Crippen LogP contribution in [0.1, 0.15) is 30.3 Å². The highest BCUT2D eigenvalue weighted by molar-refractivity contribution is 5.76. The van der Waals surface area contributed by atoms with Gasteiger partial charge in [-0.3, -0.25) is 10.1 Å². The summed E-state index contributed by atoms with van der Waals surface area (Å²) >= 11 is 0. The van der Waals surface area contributed by atoms with E-state index in [4.69, 9.17) is 0 Å². The fourth-order valence-corrected chi connectivity index (χ4v) is 4.91. The van der Waals surface area contributed by atoms with Crippen LogP contribution in [0.4, 0.5) is 18.0 Å². The van der Waals surface area contributed by atoms with Crippen LogP contribution in [0.25, 0.3) is 0 Å². The molecule has 160 valence electrons. The molecular weight excluding hydrogens is 401 g/mol. The molecule has 1 N–H and O–H groups in total. The Morgan fingerprint density at radius 3 is 2.57 bits per heavy atom. The third-order valence-electron chi connectivity index (χ3n) is 6.27. The van der Waals surface area contributed by atoms with Crippen LogP contribution in [0.2, 0.25) is 0 Å². The molecule has 0 atom stereocenters. The van der Waals surface area contributed by atoms with Gasteiger partial charge in [-0.1, -0.05) is 0 Å². The van der Waals surface area contributed by atoms with Crippen molar-refractivity contribution in [2.45, 2.75) is 31.5 Å². The number of carbonyl (C=O) groups is 1. The van der Waals surface area contributed by atoms with Crippen molar-refractivity contribution in [3.8, 4) is 5.75 Å². The molecule has 2 amide bonds. The number of alkyl halides is 3. The van der Waals surface area contributed by atoms with Gasteiger partial charge in [-0.25, -0.2) is 9.78 Å². The van der Waals surface area contributed by atoms with Crippen LogP contribution < -0.4 is 4.74 Å². The van der Waals surface area contributed by atoms with Gasteiger partial charge in [0.2, 0.25) is 0 Å². The molecule has 0 radical (unpaired) electrons. The molecule has 1 aliphatic carbocycles. The first-order valence-corrected chi connectivity index (χ1v) is 9.88. The Morgan fingerprint density at radius 2 is 1.97 bits per heavy atom. The van der Waals surface area contributed by atoms with Crippen molar-refractivity contribution in [2.75, 3.05) is 26.2 Å². The summed E-state index contributed by atoms with van der Waals surface area (Å²) in [6.45, 7) is 2.88. The van der Waals surface area contributed by atoms with Crippen LogP contribution >= 0.6 is 0 Å². The van der Waals surface area contributed by atoms with Crippen molar-refractivity contribution in [3.63, 3.8) is 0 Å². The number of H-pyrrole nitrogens is 1. The summed E-state index contributed by atoms with van der Waals surface area (Å²) in [5.41, 5.74) is 0.963. The molecule has 1 saturated carbocycles. The maximum Gasteiger partial charge on any atom is 0.573 e. The molecule has 3 aliphatic rings. The molecule has 8 nitrogen and oxygen atoms in total. The molecule has 2 saturated heterocycles. The van der Waals surface area contributed by atoms with Gasteiger partial charge in [-0.05, 0) is 37.3 Å². The van der Waals surface area contributed by atoms with Crippen LogP contribution in [0, 0.1) is 11.3 Å². The van der Waals surface area contributed by atoms with E-state index in [0.29, 0.717) is 19.0 Å². The zero-order valence-corrected chi connectivity index (χ0v) is 16.1. The average molecular weight is 422 g/mol. The number of urea groups is 1. The Bertz CT molecular complexity index is 897. The van der Waals surface area contributed by atoms with E-state index in [2.05, 4.69) is 24.9 Å². The highest BCUT2D eigenvalue weighted by Crippen LogP contribution is 2.53. The number of nitrogens with one attached hydrogen (secondary N) is 1. The summed E-state index contributed by atoms with van der Waals surface area (Å²) in [7, 11) is 0. The normalized spacial score (nSPS) is 21.2. The Morgan fingerprint density at radius 1 is 1.20 bits per heavy atom. The van der Waals surface area contributed by atoms with Gasteiger partial charge < -0.3 is 14.5 Å². The predicted molar refractivity (Wildman–Crippen MR) is 97.4 cm³/mol. The number of carbonyl (C=O) groups excluding carboxylic acids is 1. The minimum atomic E-state index is -4.70. The van der Waals surface area contributed by atoms with Crippen LogP contribution in [0.3, 0.4) is 0 Å². The number of aromatic nitrogens is 4. The summed E-state index contributed by atoms with van der Waals surface area (Å²) in [4.78, 5) is 24.5. The number of aromatic amines is 1. The zero-order valence-electron chi connectivity index (χ0n) is 16.1. The highest BCUT2D eigenvalue weighted by Gasteiger charge is 2.54. The van der Waals surface area contributed by atoms with Crippen molar-refractivity contribution in [3.05, 3.63) is 36.2 Å². The second-order valence-electron chi connectivity index (χ2n) is 8.62. The van der Waals surface area contributed by atoms with Gasteiger partial charge in [0, 0.05) is 37.3 Å². The number of hydrogen-bond acceptors (Lipinski definition) is 5. The minimum Gasteiger partial charge on any atom is -0.404 e. The van der Waals surface area contributed by atoms with Gasteiger partial charge >= 0.3 is 12.4 Å². The summed E-state index contributed by atoms with van der Waals surface area (Å²) < 4.78 is 40.5. The maximum absolute atomic E-state index is 12.6. The van der Waals surface area contributed by atoms with E-state index in [-0.39, 0.29) is 23.1 Å². The standard InChI is InChI=1S/C19H21F3N6O2/c20-19(21,22)30-15-2-1-14(23-6-15)3-12-4-18(5-12)9-28(10-18)17(29)27-7-13(8-27)16-24-11-25-26-16/h1-2,6,11-13H,3-5,7-10H2,(H,24,25,26). The van der Waals surface area contributed by atoms with E-state index >= 15 is 0 Å². The number of likely N-dealkylation sites (tertiary alicyclic amines) is 2. The van der Waals surface area contributed by atoms with E-state index in [1.54, 1.807) is 6.07 Å². The molecule has 2 aromatic rings. The number of pyridine rings is 1. The first kappa shape index (κ1) is 19.1. The summed E-state index contributed by atoms with van der Waals surface area (Å²) in [6, 6.07) is 2.96. The summed E-state index contributed by atoms with van der Waals surface area (Å²) in [5.74, 6) is 1.21. The molecule has 0 aromatic carbocycles. The van der Waals surface area contributed by atoms with Gasteiger partial charge in [0.1, 0.15) is 17.9 Å². The van der Waals surface area contributed by atoms with Crippen LogP contribution in [-0.2, 0) is 6.42 Å². The van der Waals surface area contributed by atoms with Gasteiger partial charge in [0.25, 0.3) is 0 Å². The Kier molecular flexibility index (Phi) is 4.37. The first-order chi connectivity index (χ1) is 14.3. The zero-order chi connectivity index (χ0) is 20.9. The molecule has 4 heterocycles. The van der Waals surface area contributed by atoms with Gasteiger partial charge in [0.05, 0.1) is 12.1 Å². The maximum atomic E-state index is 12.6. The fraction of sp³-hybridized carbons (Fsp3) is 0.579. The number of halogens is 3. The van der Waals surface area contributed by atoms with E-state index in [1.807, 2.05) is 9.80 Å². The quantitative estimate of drug-likeness (QED) is 0.819. The van der Waals surface area contributed by atoms with Gasteiger partial charge in [0.15, 0.2) is 0 Å². The van der Waals surface area contributed by atoms with Crippen molar-refractivity contribution in [2.24, 2.45) is 11.3 Å². The third kappa shape index (κ3) is 3.68. The summed E-state index contributed by atoms with van der Waals surface area (Å²) in [6.07, 6.45) is 0.642. The second-order valence-corrected chi connectivity index (χ2v) is 8.62. The average Bonchev–Trinajstić information content (AvgIpc) is 3.08. The SMILES string of the molecule is O=C(N1CC(c2ncn[nH]2)C1)N1CC2(CC(Cc3ccc(OC(F)(F)F)cn3)C2)C1. The van der Waals surface area contributed by atoms with Crippen LogP contribution in [-0.4, -0.2) is 68.5 Å². The number of nitrogens with zero attached hydrogens (tertiary/aromatic N) is 5. The number of hydrogen-bond donors (Lipinski definition) is 1. The molecule has 0 unspecified atom stereocenters. The van der Waals surface area contributed by atoms with Crippen LogP contribution in [0.5, 0.6) is 5.75 Å². The lowest BCUT2D eigenvalue weighted by atomic mass is 9.57. The molecular formula is C19H21F3N6O2. The molecule has 2 aromatic heterocycles.